The van der Waals surface area contributed by atoms with Crippen molar-refractivity contribution in [1.29, 1.82) is 0 Å². The number of ether oxygens (including phenoxy) is 1. The van der Waals surface area contributed by atoms with Gasteiger partial charge in [0.1, 0.15) is 10.7 Å². The molecule has 2 heterocycles. The van der Waals surface area contributed by atoms with E-state index in [0.29, 0.717) is 12.4 Å². The van der Waals surface area contributed by atoms with E-state index in [4.69, 9.17) is 4.74 Å². The van der Waals surface area contributed by atoms with Gasteiger partial charge >= 0.3 is 0 Å². The topological polar surface area (TPSA) is 80.3 Å². The number of sulfonamides is 1. The number of rotatable bonds is 6. The highest BCUT2D eigenvalue weighted by atomic mass is 32.2. The van der Waals surface area contributed by atoms with Crippen molar-refractivity contribution in [3.05, 3.63) is 84.1 Å². The summed E-state index contributed by atoms with van der Waals surface area (Å²) in [6.45, 7) is 0.613. The lowest BCUT2D eigenvalue weighted by molar-refractivity contribution is 0.00974. The van der Waals surface area contributed by atoms with Gasteiger partial charge in [0.25, 0.3) is 10.0 Å². The highest BCUT2D eigenvalue weighted by Crippen LogP contribution is 2.29. The lowest BCUT2D eigenvalue weighted by Crippen LogP contribution is -2.30. The Morgan fingerprint density at radius 3 is 2.52 bits per heavy atom. The lowest BCUT2D eigenvalue weighted by Gasteiger charge is -2.30. The van der Waals surface area contributed by atoms with E-state index in [2.05, 4.69) is 15.0 Å². The maximum absolute atomic E-state index is 13.3. The molecule has 2 unspecified atom stereocenters. The van der Waals surface area contributed by atoms with E-state index >= 15 is 0 Å². The molecule has 0 saturated carbocycles. The molecule has 2 N–H and O–H groups in total. The van der Waals surface area contributed by atoms with Gasteiger partial charge in [-0.1, -0.05) is 30.3 Å². The molecule has 0 bridgehead atoms. The molecular weight excluding hydrogens is 424 g/mol. The molecule has 4 rings (SSSR count). The number of pyridine rings is 1. The quantitative estimate of drug-likeness (QED) is 0.584. The molecule has 0 amide bonds. The molecule has 1 aliphatic rings. The van der Waals surface area contributed by atoms with Gasteiger partial charge in [-0.25, -0.2) is 22.2 Å². The third-order valence-electron chi connectivity index (χ3n) is 5.03. The number of anilines is 2. The first-order chi connectivity index (χ1) is 14.9. The first kappa shape index (κ1) is 21.2. The predicted molar refractivity (Wildman–Crippen MR) is 113 cm³/mol. The fourth-order valence-electron chi connectivity index (χ4n) is 3.44. The third-order valence-corrected chi connectivity index (χ3v) is 6.39. The van der Waals surface area contributed by atoms with Gasteiger partial charge < -0.3 is 10.1 Å². The lowest BCUT2D eigenvalue weighted by atomic mass is 9.97. The summed E-state index contributed by atoms with van der Waals surface area (Å²) in [6, 6.07) is 15.9. The van der Waals surface area contributed by atoms with Crippen LogP contribution in [0, 0.1) is 11.6 Å². The summed E-state index contributed by atoms with van der Waals surface area (Å²) in [5.41, 5.74) is 1.04. The molecule has 6 nitrogen and oxygen atoms in total. The van der Waals surface area contributed by atoms with Crippen LogP contribution in [0.1, 0.15) is 24.5 Å². The van der Waals surface area contributed by atoms with Gasteiger partial charge in [-0.15, -0.1) is 0 Å². The first-order valence-electron chi connectivity index (χ1n) is 9.78. The number of hydrogen-bond acceptors (Lipinski definition) is 5. The van der Waals surface area contributed by atoms with Crippen LogP contribution in [0.3, 0.4) is 0 Å². The molecule has 0 aliphatic carbocycles. The number of benzene rings is 2. The van der Waals surface area contributed by atoms with Crippen LogP contribution in [0.2, 0.25) is 0 Å². The van der Waals surface area contributed by atoms with Gasteiger partial charge in [-0.2, -0.15) is 0 Å². The Hall–Kier alpha value is -3.04. The second-order valence-corrected chi connectivity index (χ2v) is 8.93. The Morgan fingerprint density at radius 2 is 1.81 bits per heavy atom. The van der Waals surface area contributed by atoms with Crippen LogP contribution < -0.4 is 10.0 Å². The molecule has 1 aliphatic heterocycles. The van der Waals surface area contributed by atoms with Crippen LogP contribution in [0.4, 0.5) is 20.3 Å². The Kier molecular flexibility index (Phi) is 6.15. The SMILES string of the molecule is O=S(=O)(Nc1ccc(F)c(F)c1)c1ccc(NC2CCOC(c3ccccc3)C2)nc1. The summed E-state index contributed by atoms with van der Waals surface area (Å²) in [4.78, 5) is 4.12. The van der Waals surface area contributed by atoms with Gasteiger partial charge in [0, 0.05) is 24.9 Å². The average molecular weight is 445 g/mol. The van der Waals surface area contributed by atoms with Crippen LogP contribution in [-0.4, -0.2) is 26.1 Å². The highest BCUT2D eigenvalue weighted by Gasteiger charge is 2.24. The van der Waals surface area contributed by atoms with Gasteiger partial charge in [-0.3, -0.25) is 4.72 Å². The molecule has 1 fully saturated rings. The van der Waals surface area contributed by atoms with E-state index in [0.717, 1.165) is 36.6 Å². The zero-order valence-electron chi connectivity index (χ0n) is 16.5. The van der Waals surface area contributed by atoms with Crippen molar-refractivity contribution >= 4 is 21.5 Å². The largest absolute Gasteiger partial charge is 0.373 e. The van der Waals surface area contributed by atoms with Gasteiger partial charge in [0.15, 0.2) is 11.6 Å². The standard InChI is InChI=1S/C22H21F2N3O3S/c23-19-8-6-17(12-20(19)24)27-31(28,29)18-7-9-22(25-14-18)26-16-10-11-30-21(13-16)15-4-2-1-3-5-15/h1-9,12,14,16,21,27H,10-11,13H2,(H,25,26). The normalized spacial score (nSPS) is 19.0. The first-order valence-corrected chi connectivity index (χ1v) is 11.3. The minimum atomic E-state index is -3.99. The van der Waals surface area contributed by atoms with Crippen LogP contribution in [0.15, 0.2) is 71.8 Å². The molecular formula is C22H21F2N3O3S. The van der Waals surface area contributed by atoms with E-state index in [-0.39, 0.29) is 22.7 Å². The molecule has 2 aromatic carbocycles. The molecule has 162 valence electrons. The zero-order valence-corrected chi connectivity index (χ0v) is 17.3. The molecule has 1 aromatic heterocycles. The molecule has 0 radical (unpaired) electrons. The van der Waals surface area contributed by atoms with Gasteiger partial charge in [-0.05, 0) is 42.7 Å². The summed E-state index contributed by atoms with van der Waals surface area (Å²) in [5.74, 6) is -1.64. The van der Waals surface area contributed by atoms with Gasteiger partial charge in [0.2, 0.25) is 0 Å². The second-order valence-electron chi connectivity index (χ2n) is 7.25. The summed E-state index contributed by atoms with van der Waals surface area (Å²) < 4.78 is 59.4. The van der Waals surface area contributed by atoms with Crippen molar-refractivity contribution in [1.82, 2.24) is 4.98 Å². The Bertz CT molecular complexity index is 1140. The minimum absolute atomic E-state index is 0.00703. The second kappa shape index (κ2) is 8.99. The van der Waals surface area contributed by atoms with Crippen molar-refractivity contribution in [2.45, 2.75) is 29.9 Å². The number of halogens is 2. The monoisotopic (exact) mass is 445 g/mol. The zero-order chi connectivity index (χ0) is 21.8. The molecule has 0 spiro atoms. The van der Waals surface area contributed by atoms with Gasteiger partial charge in [0.05, 0.1) is 11.8 Å². The van der Waals surface area contributed by atoms with E-state index in [1.165, 1.54) is 12.3 Å². The molecule has 9 heteroatoms. The van der Waals surface area contributed by atoms with Crippen LogP contribution >= 0.6 is 0 Å². The third kappa shape index (κ3) is 5.18. The maximum Gasteiger partial charge on any atom is 0.263 e. The maximum atomic E-state index is 13.3. The van der Waals surface area contributed by atoms with Crippen LogP contribution in [-0.2, 0) is 14.8 Å². The van der Waals surface area contributed by atoms with Crippen molar-refractivity contribution in [3.63, 3.8) is 0 Å². The van der Waals surface area contributed by atoms with E-state index in [1.54, 1.807) is 6.07 Å². The van der Waals surface area contributed by atoms with Crippen molar-refractivity contribution in [2.75, 3.05) is 16.6 Å². The Morgan fingerprint density at radius 1 is 1.00 bits per heavy atom. The van der Waals surface area contributed by atoms with Crippen LogP contribution in [0.5, 0.6) is 0 Å². The fourth-order valence-corrected chi connectivity index (χ4v) is 4.43. The number of hydrogen-bond donors (Lipinski definition) is 2. The number of aromatic nitrogens is 1. The summed E-state index contributed by atoms with van der Waals surface area (Å²) in [5, 5.41) is 3.33. The van der Waals surface area contributed by atoms with E-state index in [9.17, 15) is 17.2 Å². The smallest absolute Gasteiger partial charge is 0.263 e. The Balaban J connectivity index is 1.41. The average Bonchev–Trinajstić information content (AvgIpc) is 2.77. The molecule has 31 heavy (non-hydrogen) atoms. The summed E-state index contributed by atoms with van der Waals surface area (Å²) >= 11 is 0. The van der Waals surface area contributed by atoms with E-state index in [1.807, 2.05) is 30.3 Å². The number of nitrogens with zero attached hydrogens (tertiary/aromatic N) is 1. The van der Waals surface area contributed by atoms with Crippen molar-refractivity contribution < 1.29 is 21.9 Å². The highest BCUT2D eigenvalue weighted by molar-refractivity contribution is 7.92. The van der Waals surface area contributed by atoms with E-state index < -0.39 is 21.7 Å². The fraction of sp³-hybridized carbons (Fsp3) is 0.227. The Labute approximate surface area is 179 Å². The predicted octanol–water partition coefficient (Wildman–Crippen LogP) is 4.49. The van der Waals surface area contributed by atoms with Crippen molar-refractivity contribution in [2.24, 2.45) is 0 Å². The number of nitrogens with one attached hydrogen (secondary N) is 2. The molecule has 2 atom stereocenters. The van der Waals surface area contributed by atoms with Crippen molar-refractivity contribution in [3.8, 4) is 0 Å². The summed E-state index contributed by atoms with van der Waals surface area (Å²) in [6.07, 6.45) is 2.79. The summed E-state index contributed by atoms with van der Waals surface area (Å²) in [7, 11) is -3.99. The minimum Gasteiger partial charge on any atom is -0.373 e. The molecule has 3 aromatic rings. The van der Waals surface area contributed by atoms with Crippen LogP contribution in [0.25, 0.3) is 0 Å². The molecule has 1 saturated heterocycles.